The maximum absolute atomic E-state index is 12.8. The number of fused-ring (bicyclic) bond motifs is 1. The quantitative estimate of drug-likeness (QED) is 0.735. The molecule has 1 saturated carbocycles. The minimum atomic E-state index is -0.581. The van der Waals surface area contributed by atoms with E-state index in [-0.39, 0.29) is 12.7 Å². The molecule has 0 spiro atoms. The summed E-state index contributed by atoms with van der Waals surface area (Å²) in [5.74, 6) is 2.02. The average Bonchev–Trinajstić information content (AvgIpc) is 3.15. The van der Waals surface area contributed by atoms with Crippen LogP contribution in [0, 0.1) is 6.92 Å². The molecule has 1 aromatic heterocycles. The van der Waals surface area contributed by atoms with Gasteiger partial charge in [0.15, 0.2) is 17.3 Å². The van der Waals surface area contributed by atoms with Gasteiger partial charge in [-0.2, -0.15) is 0 Å². The zero-order valence-electron chi connectivity index (χ0n) is 15.5. The molecule has 1 aliphatic carbocycles. The van der Waals surface area contributed by atoms with Crippen LogP contribution >= 0.6 is 0 Å². The molecule has 0 radical (unpaired) electrons. The molecule has 6 heteroatoms. The van der Waals surface area contributed by atoms with E-state index in [9.17, 15) is 4.79 Å². The molecular formula is C22H20N2O4. The van der Waals surface area contributed by atoms with Crippen molar-refractivity contribution in [2.75, 3.05) is 6.79 Å². The van der Waals surface area contributed by atoms with E-state index in [0.29, 0.717) is 23.7 Å². The average molecular weight is 376 g/mol. The first kappa shape index (κ1) is 16.9. The van der Waals surface area contributed by atoms with Crippen LogP contribution < -0.4 is 14.8 Å². The highest BCUT2D eigenvalue weighted by molar-refractivity contribution is 5.91. The molecule has 142 valence electrons. The molecule has 5 rings (SSSR count). The van der Waals surface area contributed by atoms with Crippen LogP contribution in [0.1, 0.15) is 29.7 Å². The highest BCUT2D eigenvalue weighted by Crippen LogP contribution is 2.49. The Balaban J connectivity index is 1.32. The molecule has 0 unspecified atom stereocenters. The molecule has 0 atom stereocenters. The van der Waals surface area contributed by atoms with Gasteiger partial charge in [-0.3, -0.25) is 4.79 Å². The third-order valence-corrected chi connectivity index (χ3v) is 5.42. The Kier molecular flexibility index (Phi) is 3.86. The first-order chi connectivity index (χ1) is 13.6. The molecule has 2 aliphatic rings. The van der Waals surface area contributed by atoms with E-state index in [2.05, 4.69) is 10.5 Å². The molecule has 1 fully saturated rings. The smallest absolute Gasteiger partial charge is 0.232 e. The normalized spacial score (nSPS) is 16.0. The second-order valence-corrected chi connectivity index (χ2v) is 7.39. The topological polar surface area (TPSA) is 73.6 Å². The maximum Gasteiger partial charge on any atom is 0.232 e. The fourth-order valence-corrected chi connectivity index (χ4v) is 3.47. The molecule has 28 heavy (non-hydrogen) atoms. The van der Waals surface area contributed by atoms with Crippen molar-refractivity contribution in [2.45, 2.75) is 31.7 Å². The van der Waals surface area contributed by atoms with Crippen molar-refractivity contribution in [2.24, 2.45) is 0 Å². The van der Waals surface area contributed by atoms with Gasteiger partial charge in [0.2, 0.25) is 12.7 Å². The predicted octanol–water partition coefficient (Wildman–Crippen LogP) is 3.73. The summed E-state index contributed by atoms with van der Waals surface area (Å²) in [7, 11) is 0. The number of benzene rings is 2. The molecule has 1 amide bonds. The van der Waals surface area contributed by atoms with Crippen molar-refractivity contribution in [3.63, 3.8) is 0 Å². The lowest BCUT2D eigenvalue weighted by atomic mass is 10.00. The first-order valence-electron chi connectivity index (χ1n) is 9.35. The van der Waals surface area contributed by atoms with Gasteiger partial charge in [-0.15, -0.1) is 0 Å². The number of carbonyl (C=O) groups excluding carboxylic acids is 1. The van der Waals surface area contributed by atoms with Crippen LogP contribution in [-0.2, 0) is 16.8 Å². The van der Waals surface area contributed by atoms with E-state index in [0.717, 1.165) is 29.7 Å². The Hall–Kier alpha value is -3.28. The van der Waals surface area contributed by atoms with Crippen molar-refractivity contribution in [1.82, 2.24) is 10.5 Å². The van der Waals surface area contributed by atoms with Gasteiger partial charge >= 0.3 is 0 Å². The summed E-state index contributed by atoms with van der Waals surface area (Å²) in [4.78, 5) is 12.8. The third-order valence-electron chi connectivity index (χ3n) is 5.42. The number of amides is 1. The van der Waals surface area contributed by atoms with E-state index >= 15 is 0 Å². The van der Waals surface area contributed by atoms with Gasteiger partial charge in [0.25, 0.3) is 0 Å². The van der Waals surface area contributed by atoms with Crippen molar-refractivity contribution < 1.29 is 18.8 Å². The molecule has 1 N–H and O–H groups in total. The molecular weight excluding hydrogens is 356 g/mol. The van der Waals surface area contributed by atoms with Crippen LogP contribution in [0.15, 0.2) is 53.1 Å². The monoisotopic (exact) mass is 376 g/mol. The Morgan fingerprint density at radius 3 is 2.64 bits per heavy atom. The van der Waals surface area contributed by atoms with Gasteiger partial charge in [0.05, 0.1) is 11.1 Å². The fourth-order valence-electron chi connectivity index (χ4n) is 3.47. The van der Waals surface area contributed by atoms with Gasteiger partial charge < -0.3 is 19.3 Å². The third kappa shape index (κ3) is 2.91. The molecule has 2 heterocycles. The fraction of sp³-hybridized carbons (Fsp3) is 0.273. The number of ether oxygens (including phenoxy) is 2. The van der Waals surface area contributed by atoms with Gasteiger partial charge in [-0.25, -0.2) is 0 Å². The van der Waals surface area contributed by atoms with Gasteiger partial charge in [-0.05, 0) is 43.5 Å². The number of hydrogen-bond acceptors (Lipinski definition) is 5. The molecule has 0 saturated heterocycles. The number of hydrogen-bond donors (Lipinski definition) is 1. The highest BCUT2D eigenvalue weighted by Gasteiger charge is 2.53. The lowest BCUT2D eigenvalue weighted by molar-refractivity contribution is -0.123. The van der Waals surface area contributed by atoms with Crippen LogP contribution in [0.3, 0.4) is 0 Å². The lowest BCUT2D eigenvalue weighted by Gasteiger charge is -2.12. The van der Waals surface area contributed by atoms with Crippen molar-refractivity contribution in [3.8, 4) is 22.8 Å². The zero-order valence-corrected chi connectivity index (χ0v) is 15.5. The number of nitrogens with zero attached hydrogens (tertiary/aromatic N) is 1. The molecule has 1 aliphatic heterocycles. The summed E-state index contributed by atoms with van der Waals surface area (Å²) in [5, 5.41) is 7.25. The second-order valence-electron chi connectivity index (χ2n) is 7.39. The minimum Gasteiger partial charge on any atom is -0.454 e. The van der Waals surface area contributed by atoms with Gasteiger partial charge in [0.1, 0.15) is 0 Å². The Morgan fingerprint density at radius 2 is 1.86 bits per heavy atom. The van der Waals surface area contributed by atoms with Crippen molar-refractivity contribution >= 4 is 5.91 Å². The van der Waals surface area contributed by atoms with E-state index in [1.807, 2.05) is 55.5 Å². The van der Waals surface area contributed by atoms with E-state index in [1.165, 1.54) is 5.56 Å². The minimum absolute atomic E-state index is 0.00129. The second kappa shape index (κ2) is 6.41. The van der Waals surface area contributed by atoms with Crippen LogP contribution in [0.4, 0.5) is 0 Å². The van der Waals surface area contributed by atoms with Crippen molar-refractivity contribution in [1.29, 1.82) is 0 Å². The SMILES string of the molecule is Cc1ccc(CNC(=O)C2(c3cc(-c4ccc5c(c4)OCO5)on3)CC2)cc1. The number of aromatic nitrogens is 1. The summed E-state index contributed by atoms with van der Waals surface area (Å²) in [5.41, 5.74) is 3.23. The van der Waals surface area contributed by atoms with E-state index in [4.69, 9.17) is 14.0 Å². The van der Waals surface area contributed by atoms with Crippen LogP contribution in [-0.4, -0.2) is 17.9 Å². The van der Waals surface area contributed by atoms with Crippen LogP contribution in [0.2, 0.25) is 0 Å². The summed E-state index contributed by atoms with van der Waals surface area (Å²) in [6.45, 7) is 2.78. The molecule has 6 nitrogen and oxygen atoms in total. The molecule has 2 aromatic carbocycles. The lowest BCUT2D eigenvalue weighted by Crippen LogP contribution is -2.34. The summed E-state index contributed by atoms with van der Waals surface area (Å²) < 4.78 is 16.3. The van der Waals surface area contributed by atoms with E-state index in [1.54, 1.807) is 0 Å². The Labute approximate surface area is 162 Å². The zero-order chi connectivity index (χ0) is 19.1. The molecule has 3 aromatic rings. The van der Waals surface area contributed by atoms with Crippen molar-refractivity contribution in [3.05, 3.63) is 65.4 Å². The first-order valence-corrected chi connectivity index (χ1v) is 9.35. The predicted molar refractivity (Wildman–Crippen MR) is 102 cm³/mol. The molecule has 0 bridgehead atoms. The number of rotatable bonds is 5. The Bertz CT molecular complexity index is 1030. The van der Waals surface area contributed by atoms with Crippen LogP contribution in [0.25, 0.3) is 11.3 Å². The summed E-state index contributed by atoms with van der Waals surface area (Å²) in [6, 6.07) is 15.6. The maximum atomic E-state index is 12.8. The highest BCUT2D eigenvalue weighted by atomic mass is 16.7. The van der Waals surface area contributed by atoms with Gasteiger partial charge in [0, 0.05) is 18.2 Å². The summed E-state index contributed by atoms with van der Waals surface area (Å²) >= 11 is 0. The standard InChI is InChI=1S/C22H20N2O4/c1-14-2-4-15(5-3-14)12-23-21(25)22(8-9-22)20-11-18(28-24-20)16-6-7-17-19(10-16)27-13-26-17/h2-7,10-11H,8-9,12-13H2,1H3,(H,23,25). The Morgan fingerprint density at radius 1 is 1.07 bits per heavy atom. The number of nitrogens with one attached hydrogen (secondary N) is 1. The van der Waals surface area contributed by atoms with Crippen LogP contribution in [0.5, 0.6) is 11.5 Å². The number of aryl methyl sites for hydroxylation is 1. The largest absolute Gasteiger partial charge is 0.454 e. The number of carbonyl (C=O) groups is 1. The van der Waals surface area contributed by atoms with E-state index < -0.39 is 5.41 Å². The summed E-state index contributed by atoms with van der Waals surface area (Å²) in [6.07, 6.45) is 1.56. The van der Waals surface area contributed by atoms with Gasteiger partial charge in [-0.1, -0.05) is 35.0 Å².